The number of nitrogens with zero attached hydrogens (tertiary/aromatic N) is 5. The number of halogens is 1. The van der Waals surface area contributed by atoms with Gasteiger partial charge in [-0.25, -0.2) is 19.2 Å². The molecule has 202 valence electrons. The molecule has 2 unspecified atom stereocenters. The lowest BCUT2D eigenvalue weighted by atomic mass is 10.2. The van der Waals surface area contributed by atoms with Crippen LogP contribution in [0.1, 0.15) is 16.9 Å². The average Bonchev–Trinajstić information content (AvgIpc) is 3.66. The van der Waals surface area contributed by atoms with E-state index in [0.29, 0.717) is 25.3 Å². The van der Waals surface area contributed by atoms with Gasteiger partial charge in [0.2, 0.25) is 0 Å². The first-order valence-electron chi connectivity index (χ1n) is 12.8. The molecule has 2 N–H and O–H groups in total. The maximum Gasteiger partial charge on any atom is 0.409 e. The zero-order valence-electron chi connectivity index (χ0n) is 21.9. The topological polar surface area (TPSA) is 97.2 Å². The van der Waals surface area contributed by atoms with Gasteiger partial charge in [0.15, 0.2) is 5.82 Å². The summed E-state index contributed by atoms with van der Waals surface area (Å²) < 4.78 is 21.8. The SMILES string of the molecule is CN(C)C(=O)OC1CNC(C#Cc2cc3ncnc(Nc4ccc5c(cnn5Cc5cccc(F)c5)c4)c3s2)C1. The number of benzene rings is 2. The van der Waals surface area contributed by atoms with Crippen molar-refractivity contribution in [2.45, 2.75) is 25.1 Å². The van der Waals surface area contributed by atoms with E-state index >= 15 is 0 Å². The van der Waals surface area contributed by atoms with Crippen LogP contribution in [0.25, 0.3) is 21.1 Å². The zero-order chi connectivity index (χ0) is 27.6. The smallest absolute Gasteiger partial charge is 0.409 e. The van der Waals surface area contributed by atoms with Gasteiger partial charge in [-0.3, -0.25) is 10.00 Å². The van der Waals surface area contributed by atoms with Gasteiger partial charge in [-0.2, -0.15) is 5.10 Å². The molecule has 3 aromatic heterocycles. The summed E-state index contributed by atoms with van der Waals surface area (Å²) in [6, 6.07) is 14.4. The fourth-order valence-corrected chi connectivity index (χ4v) is 5.47. The highest BCUT2D eigenvalue weighted by atomic mass is 32.1. The summed E-state index contributed by atoms with van der Waals surface area (Å²) in [5.74, 6) is 6.93. The number of carbonyl (C=O) groups excluding carboxylic acids is 1. The summed E-state index contributed by atoms with van der Waals surface area (Å²) in [4.78, 5) is 23.0. The Morgan fingerprint density at radius 3 is 3.00 bits per heavy atom. The number of aromatic nitrogens is 4. The van der Waals surface area contributed by atoms with Gasteiger partial charge < -0.3 is 15.0 Å². The minimum atomic E-state index is -0.347. The van der Waals surface area contributed by atoms with Gasteiger partial charge in [0, 0.05) is 38.1 Å². The summed E-state index contributed by atoms with van der Waals surface area (Å²) in [7, 11) is 3.33. The van der Waals surface area contributed by atoms with Gasteiger partial charge in [0.05, 0.1) is 39.4 Å². The van der Waals surface area contributed by atoms with Crippen LogP contribution in [0.2, 0.25) is 0 Å². The summed E-state index contributed by atoms with van der Waals surface area (Å²) in [6.45, 7) is 1.07. The lowest BCUT2D eigenvalue weighted by Crippen LogP contribution is -2.29. The van der Waals surface area contributed by atoms with E-state index in [1.165, 1.54) is 34.7 Å². The Balaban J connectivity index is 1.16. The third-order valence-electron chi connectivity index (χ3n) is 6.53. The van der Waals surface area contributed by atoms with Gasteiger partial charge in [-0.15, -0.1) is 11.3 Å². The Labute approximate surface area is 234 Å². The van der Waals surface area contributed by atoms with Crippen LogP contribution in [-0.4, -0.2) is 63.5 Å². The number of carbonyl (C=O) groups is 1. The predicted octanol–water partition coefficient (Wildman–Crippen LogP) is 4.75. The Bertz CT molecular complexity index is 1770. The standard InChI is InChI=1S/C29H26FN7O2S/c1-36(2)29(38)39-23-12-21(31-15-23)6-8-24-13-25-27(40-24)28(33-17-32-25)35-22-7-9-26-19(11-22)14-34-37(26)16-18-4-3-5-20(30)10-18/h3-5,7,9-11,13-14,17,21,23,31H,12,15-16H2,1-2H3,(H,32,33,35). The molecule has 1 amide bonds. The maximum absolute atomic E-state index is 13.6. The number of fused-ring (bicyclic) bond motifs is 2. The third-order valence-corrected chi connectivity index (χ3v) is 7.58. The Morgan fingerprint density at radius 1 is 1.25 bits per heavy atom. The van der Waals surface area contributed by atoms with E-state index in [1.54, 1.807) is 26.4 Å². The van der Waals surface area contributed by atoms with Gasteiger partial charge >= 0.3 is 6.09 Å². The van der Waals surface area contributed by atoms with Crippen molar-refractivity contribution in [3.05, 3.63) is 77.3 Å². The van der Waals surface area contributed by atoms with Crippen molar-refractivity contribution in [3.8, 4) is 11.8 Å². The van der Waals surface area contributed by atoms with Crippen molar-refractivity contribution in [2.75, 3.05) is 26.0 Å². The van der Waals surface area contributed by atoms with E-state index in [-0.39, 0.29) is 24.1 Å². The van der Waals surface area contributed by atoms with Crippen molar-refractivity contribution in [3.63, 3.8) is 0 Å². The van der Waals surface area contributed by atoms with Gasteiger partial charge in [-0.1, -0.05) is 24.0 Å². The van der Waals surface area contributed by atoms with Crippen molar-refractivity contribution in [1.82, 2.24) is 30.0 Å². The van der Waals surface area contributed by atoms with Crippen LogP contribution in [0.3, 0.4) is 0 Å². The van der Waals surface area contributed by atoms with Gasteiger partial charge in [-0.05, 0) is 42.0 Å². The molecule has 0 radical (unpaired) electrons. The number of thiophene rings is 1. The molecule has 40 heavy (non-hydrogen) atoms. The van der Waals surface area contributed by atoms with Crippen molar-refractivity contribution < 1.29 is 13.9 Å². The zero-order valence-corrected chi connectivity index (χ0v) is 22.7. The molecule has 1 fully saturated rings. The maximum atomic E-state index is 13.6. The van der Waals surface area contributed by atoms with E-state index in [2.05, 4.69) is 37.5 Å². The van der Waals surface area contributed by atoms with Crippen molar-refractivity contribution in [1.29, 1.82) is 0 Å². The van der Waals surface area contributed by atoms with E-state index < -0.39 is 0 Å². The molecule has 6 rings (SSSR count). The minimum absolute atomic E-state index is 0.0533. The fourth-order valence-electron chi connectivity index (χ4n) is 4.55. The molecular weight excluding hydrogens is 529 g/mol. The lowest BCUT2D eigenvalue weighted by Gasteiger charge is -2.15. The Hall–Kier alpha value is -4.53. The van der Waals surface area contributed by atoms with Crippen LogP contribution in [0.15, 0.2) is 61.1 Å². The molecule has 0 aliphatic carbocycles. The van der Waals surface area contributed by atoms with E-state index in [4.69, 9.17) is 4.74 Å². The molecule has 5 aromatic rings. The molecule has 9 nitrogen and oxygen atoms in total. The lowest BCUT2D eigenvalue weighted by molar-refractivity contribution is 0.0826. The number of hydrogen-bond acceptors (Lipinski definition) is 8. The minimum Gasteiger partial charge on any atom is -0.445 e. The molecule has 11 heteroatoms. The number of nitrogens with one attached hydrogen (secondary N) is 2. The van der Waals surface area contributed by atoms with E-state index in [1.807, 2.05) is 35.0 Å². The van der Waals surface area contributed by atoms with Crippen molar-refractivity contribution >= 4 is 50.1 Å². The summed E-state index contributed by atoms with van der Waals surface area (Å²) >= 11 is 1.52. The molecule has 1 saturated heterocycles. The third kappa shape index (κ3) is 5.59. The van der Waals surface area contributed by atoms with E-state index in [9.17, 15) is 9.18 Å². The molecule has 0 saturated carbocycles. The molecule has 1 aliphatic rings. The molecule has 0 bridgehead atoms. The number of ether oxygens (including phenoxy) is 1. The highest BCUT2D eigenvalue weighted by Crippen LogP contribution is 2.31. The molecule has 4 heterocycles. The molecule has 2 aromatic carbocycles. The second-order valence-corrected chi connectivity index (χ2v) is 10.8. The van der Waals surface area contributed by atoms with Crippen LogP contribution in [0, 0.1) is 17.7 Å². The van der Waals surface area contributed by atoms with Crippen LogP contribution >= 0.6 is 11.3 Å². The fraction of sp³-hybridized carbons (Fsp3) is 0.241. The van der Waals surface area contributed by atoms with Gasteiger partial charge in [0.25, 0.3) is 0 Å². The molecule has 1 aliphatic heterocycles. The number of hydrogen-bond donors (Lipinski definition) is 2. The molecule has 2 atom stereocenters. The first-order valence-corrected chi connectivity index (χ1v) is 13.6. The summed E-state index contributed by atoms with van der Waals surface area (Å²) in [5.41, 5.74) is 3.49. The monoisotopic (exact) mass is 555 g/mol. The second kappa shape index (κ2) is 10.9. The largest absolute Gasteiger partial charge is 0.445 e. The van der Waals surface area contributed by atoms with Crippen LogP contribution < -0.4 is 10.6 Å². The first kappa shape index (κ1) is 25.7. The van der Waals surface area contributed by atoms with Crippen molar-refractivity contribution in [2.24, 2.45) is 0 Å². The van der Waals surface area contributed by atoms with Gasteiger partial charge in [0.1, 0.15) is 18.2 Å². The molecular formula is C29H26FN7O2S. The highest BCUT2D eigenvalue weighted by molar-refractivity contribution is 7.20. The quantitative estimate of drug-likeness (QED) is 0.302. The molecule has 0 spiro atoms. The summed E-state index contributed by atoms with van der Waals surface area (Å²) in [5, 5.41) is 12.2. The van der Waals surface area contributed by atoms with Crippen LogP contribution in [-0.2, 0) is 11.3 Å². The van der Waals surface area contributed by atoms with E-state index in [0.717, 1.165) is 37.2 Å². The Kier molecular flexibility index (Phi) is 7.02. The first-order chi connectivity index (χ1) is 19.4. The number of anilines is 2. The average molecular weight is 556 g/mol. The highest BCUT2D eigenvalue weighted by Gasteiger charge is 2.26. The Morgan fingerprint density at radius 2 is 2.15 bits per heavy atom. The summed E-state index contributed by atoms with van der Waals surface area (Å²) in [6.07, 6.45) is 3.44. The van der Waals surface area contributed by atoms with Crippen LogP contribution in [0.4, 0.5) is 20.7 Å². The number of rotatable bonds is 5. The second-order valence-electron chi connectivity index (χ2n) is 9.74. The number of amides is 1. The normalized spacial score (nSPS) is 16.6. The van der Waals surface area contributed by atoms with Crippen LogP contribution in [0.5, 0.6) is 0 Å². The predicted molar refractivity (Wildman–Crippen MR) is 153 cm³/mol.